The minimum absolute atomic E-state index is 0.0675. The Morgan fingerprint density at radius 3 is 2.24 bits per heavy atom. The van der Waals surface area contributed by atoms with Gasteiger partial charge in [0.1, 0.15) is 17.9 Å². The molecular weight excluding hydrogens is 399 g/mol. The first kappa shape index (κ1) is 22.4. The molecule has 0 fully saturated rings. The van der Waals surface area contributed by atoms with Crippen LogP contribution in [-0.2, 0) is 32.0 Å². The van der Waals surface area contributed by atoms with E-state index >= 15 is 0 Å². The normalized spacial score (nSPS) is 12.6. The summed E-state index contributed by atoms with van der Waals surface area (Å²) < 4.78 is 18.2. The smallest absolute Gasteiger partial charge is 0.328 e. The van der Waals surface area contributed by atoms with E-state index in [1.54, 1.807) is 30.3 Å². The monoisotopic (exact) mass is 420 g/mol. The van der Waals surface area contributed by atoms with E-state index in [0.29, 0.717) is 10.6 Å². The molecule has 2 aromatic carbocycles. The number of ether oxygens (including phenoxy) is 1. The SMILES string of the molecule is COC(=O)[C@H](Cc1ccc(Cl)cc1)NC(=O)[C@@H](Cc1cccc(F)c1)NC(C)=O. The molecule has 0 unspecified atom stereocenters. The van der Waals surface area contributed by atoms with Crippen LogP contribution in [0.5, 0.6) is 0 Å². The van der Waals surface area contributed by atoms with Crippen molar-refractivity contribution >= 4 is 29.4 Å². The highest BCUT2D eigenvalue weighted by Gasteiger charge is 2.27. The first-order valence-corrected chi connectivity index (χ1v) is 9.30. The highest BCUT2D eigenvalue weighted by Crippen LogP contribution is 2.12. The Bertz CT molecular complexity index is 873. The lowest BCUT2D eigenvalue weighted by Crippen LogP contribution is -2.53. The molecule has 6 nitrogen and oxygen atoms in total. The van der Waals surface area contributed by atoms with Gasteiger partial charge >= 0.3 is 5.97 Å². The number of esters is 1. The van der Waals surface area contributed by atoms with Gasteiger partial charge in [-0.2, -0.15) is 0 Å². The number of carbonyl (C=O) groups is 3. The molecule has 0 aliphatic heterocycles. The predicted molar refractivity (Wildman–Crippen MR) is 107 cm³/mol. The fraction of sp³-hybridized carbons (Fsp3) is 0.286. The molecule has 2 atom stereocenters. The molecule has 2 rings (SSSR count). The number of hydrogen-bond donors (Lipinski definition) is 2. The largest absolute Gasteiger partial charge is 0.467 e. The van der Waals surface area contributed by atoms with Crippen molar-refractivity contribution in [3.63, 3.8) is 0 Å². The van der Waals surface area contributed by atoms with E-state index in [1.165, 1.54) is 32.2 Å². The van der Waals surface area contributed by atoms with Crippen LogP contribution >= 0.6 is 11.6 Å². The van der Waals surface area contributed by atoms with Gasteiger partial charge in [-0.05, 0) is 35.4 Å². The Morgan fingerprint density at radius 1 is 1.00 bits per heavy atom. The number of rotatable bonds is 8. The van der Waals surface area contributed by atoms with Crippen molar-refractivity contribution in [2.75, 3.05) is 7.11 Å². The van der Waals surface area contributed by atoms with Crippen molar-refractivity contribution in [1.82, 2.24) is 10.6 Å². The van der Waals surface area contributed by atoms with Crippen LogP contribution in [0.3, 0.4) is 0 Å². The second-order valence-electron chi connectivity index (χ2n) is 6.50. The third-order valence-electron chi connectivity index (χ3n) is 4.18. The van der Waals surface area contributed by atoms with Gasteiger partial charge in [-0.25, -0.2) is 9.18 Å². The zero-order chi connectivity index (χ0) is 21.4. The highest BCUT2D eigenvalue weighted by atomic mass is 35.5. The molecule has 2 amide bonds. The summed E-state index contributed by atoms with van der Waals surface area (Å²) in [6.45, 7) is 1.28. The third-order valence-corrected chi connectivity index (χ3v) is 4.43. The summed E-state index contributed by atoms with van der Waals surface area (Å²) in [6, 6.07) is 10.6. The van der Waals surface area contributed by atoms with Crippen molar-refractivity contribution in [1.29, 1.82) is 0 Å². The maximum Gasteiger partial charge on any atom is 0.328 e. The molecular formula is C21H22ClFN2O4. The lowest BCUT2D eigenvalue weighted by atomic mass is 10.0. The van der Waals surface area contributed by atoms with Gasteiger partial charge in [-0.15, -0.1) is 0 Å². The van der Waals surface area contributed by atoms with Crippen LogP contribution in [0.2, 0.25) is 5.02 Å². The van der Waals surface area contributed by atoms with Gasteiger partial charge in [0.25, 0.3) is 0 Å². The Kier molecular flexibility index (Phi) is 8.15. The second-order valence-corrected chi connectivity index (χ2v) is 6.94. The number of halogens is 2. The first-order valence-electron chi connectivity index (χ1n) is 8.92. The maximum atomic E-state index is 13.5. The average molecular weight is 421 g/mol. The van der Waals surface area contributed by atoms with E-state index in [9.17, 15) is 18.8 Å². The van der Waals surface area contributed by atoms with Crippen LogP contribution in [0, 0.1) is 5.82 Å². The Hall–Kier alpha value is -2.93. The quantitative estimate of drug-likeness (QED) is 0.642. The van der Waals surface area contributed by atoms with Crippen molar-refractivity contribution in [2.45, 2.75) is 31.8 Å². The fourth-order valence-corrected chi connectivity index (χ4v) is 2.94. The Labute approximate surface area is 173 Å². The molecule has 2 aromatic rings. The van der Waals surface area contributed by atoms with E-state index in [1.807, 2.05) is 0 Å². The molecule has 0 aliphatic carbocycles. The van der Waals surface area contributed by atoms with Crippen LogP contribution < -0.4 is 10.6 Å². The number of benzene rings is 2. The molecule has 8 heteroatoms. The minimum atomic E-state index is -0.980. The topological polar surface area (TPSA) is 84.5 Å². The molecule has 0 heterocycles. The van der Waals surface area contributed by atoms with Gasteiger partial charge in [0.2, 0.25) is 11.8 Å². The van der Waals surface area contributed by atoms with Gasteiger partial charge in [0.05, 0.1) is 7.11 Å². The van der Waals surface area contributed by atoms with Crippen molar-refractivity contribution < 1.29 is 23.5 Å². The molecule has 0 aromatic heterocycles. The third kappa shape index (κ3) is 7.19. The van der Waals surface area contributed by atoms with Crippen LogP contribution in [0.4, 0.5) is 4.39 Å². The molecule has 154 valence electrons. The van der Waals surface area contributed by atoms with E-state index in [0.717, 1.165) is 5.56 Å². The van der Waals surface area contributed by atoms with Gasteiger partial charge in [-0.3, -0.25) is 9.59 Å². The maximum absolute atomic E-state index is 13.5. The second kappa shape index (κ2) is 10.6. The van der Waals surface area contributed by atoms with E-state index in [2.05, 4.69) is 10.6 Å². The van der Waals surface area contributed by atoms with Crippen molar-refractivity contribution in [3.8, 4) is 0 Å². The van der Waals surface area contributed by atoms with Gasteiger partial charge in [-0.1, -0.05) is 35.9 Å². The lowest BCUT2D eigenvalue weighted by molar-refractivity contribution is -0.145. The van der Waals surface area contributed by atoms with Gasteiger partial charge in [0, 0.05) is 24.8 Å². The Morgan fingerprint density at radius 2 is 1.66 bits per heavy atom. The molecule has 0 spiro atoms. The van der Waals surface area contributed by atoms with Gasteiger partial charge < -0.3 is 15.4 Å². The van der Waals surface area contributed by atoms with Crippen LogP contribution in [0.25, 0.3) is 0 Å². The summed E-state index contributed by atoms with van der Waals surface area (Å²) in [6.07, 6.45) is 0.250. The van der Waals surface area contributed by atoms with Crippen LogP contribution in [-0.4, -0.2) is 37.0 Å². The summed E-state index contributed by atoms with van der Waals surface area (Å²) in [5, 5.41) is 5.70. The number of carbonyl (C=O) groups excluding carboxylic acids is 3. The predicted octanol–water partition coefficient (Wildman–Crippen LogP) is 2.43. The molecule has 0 saturated carbocycles. The fourth-order valence-electron chi connectivity index (χ4n) is 2.82. The zero-order valence-electron chi connectivity index (χ0n) is 16.1. The zero-order valence-corrected chi connectivity index (χ0v) is 16.8. The van der Waals surface area contributed by atoms with E-state index in [4.69, 9.17) is 16.3 Å². The van der Waals surface area contributed by atoms with Crippen LogP contribution in [0.15, 0.2) is 48.5 Å². The van der Waals surface area contributed by atoms with Crippen molar-refractivity contribution in [2.24, 2.45) is 0 Å². The van der Waals surface area contributed by atoms with Crippen LogP contribution in [0.1, 0.15) is 18.1 Å². The summed E-state index contributed by atoms with van der Waals surface area (Å²) in [7, 11) is 1.22. The average Bonchev–Trinajstić information content (AvgIpc) is 2.67. The molecule has 0 aliphatic rings. The first-order chi connectivity index (χ1) is 13.8. The number of hydrogen-bond acceptors (Lipinski definition) is 4. The number of amides is 2. The summed E-state index contributed by atoms with van der Waals surface area (Å²) in [5.74, 6) is -2.07. The highest BCUT2D eigenvalue weighted by molar-refractivity contribution is 6.30. The minimum Gasteiger partial charge on any atom is -0.467 e. The number of nitrogens with one attached hydrogen (secondary N) is 2. The number of methoxy groups -OCH3 is 1. The summed E-state index contributed by atoms with van der Waals surface area (Å²) >= 11 is 5.87. The molecule has 2 N–H and O–H groups in total. The molecule has 0 bridgehead atoms. The Balaban J connectivity index is 2.16. The molecule has 0 saturated heterocycles. The van der Waals surface area contributed by atoms with E-state index in [-0.39, 0.29) is 12.8 Å². The standard InChI is InChI=1S/C21H22ClFN2O4/c1-13(26)24-18(12-15-4-3-5-17(23)10-15)20(27)25-19(21(28)29-2)11-14-6-8-16(22)9-7-14/h3-10,18-19H,11-12H2,1-2H3,(H,24,26)(H,25,27)/t18-,19+/m1/s1. The van der Waals surface area contributed by atoms with Gasteiger partial charge in [0.15, 0.2) is 0 Å². The van der Waals surface area contributed by atoms with E-state index < -0.39 is 35.7 Å². The van der Waals surface area contributed by atoms with Crippen molar-refractivity contribution in [3.05, 3.63) is 70.5 Å². The lowest BCUT2D eigenvalue weighted by Gasteiger charge is -2.22. The summed E-state index contributed by atoms with van der Waals surface area (Å²) in [5.41, 5.74) is 1.30. The molecule has 29 heavy (non-hydrogen) atoms. The molecule has 0 radical (unpaired) electrons. The summed E-state index contributed by atoms with van der Waals surface area (Å²) in [4.78, 5) is 36.5.